The summed E-state index contributed by atoms with van der Waals surface area (Å²) in [5.74, 6) is 0.142. The van der Waals surface area contributed by atoms with Crippen LogP contribution in [0.2, 0.25) is 5.02 Å². The van der Waals surface area contributed by atoms with Crippen LogP contribution in [0.5, 0.6) is 0 Å². The van der Waals surface area contributed by atoms with Gasteiger partial charge in [-0.05, 0) is 49.4 Å². The highest BCUT2D eigenvalue weighted by atomic mass is 35.5. The third-order valence-corrected chi connectivity index (χ3v) is 6.29. The Balaban J connectivity index is 1.42. The topological polar surface area (TPSA) is 64.7 Å². The number of carbonyl (C=O) groups excluding carboxylic acids is 2. The highest BCUT2D eigenvalue weighted by Gasteiger charge is 2.25. The Morgan fingerprint density at radius 1 is 1.00 bits per heavy atom. The number of hydrogen-bond acceptors (Lipinski definition) is 3. The van der Waals surface area contributed by atoms with Gasteiger partial charge in [0.05, 0.1) is 16.8 Å². The van der Waals surface area contributed by atoms with E-state index in [1.54, 1.807) is 6.07 Å². The van der Waals surface area contributed by atoms with Crippen molar-refractivity contribution < 1.29 is 9.59 Å². The molecule has 164 valence electrons. The van der Waals surface area contributed by atoms with E-state index in [4.69, 9.17) is 11.6 Å². The van der Waals surface area contributed by atoms with Gasteiger partial charge in [0.2, 0.25) is 5.91 Å². The van der Waals surface area contributed by atoms with Crippen molar-refractivity contribution in [2.24, 2.45) is 0 Å². The lowest BCUT2D eigenvalue weighted by molar-refractivity contribution is -0.128. The van der Waals surface area contributed by atoms with E-state index in [2.05, 4.69) is 15.5 Å². The van der Waals surface area contributed by atoms with E-state index in [0.29, 0.717) is 23.7 Å². The first-order chi connectivity index (χ1) is 15.1. The molecule has 0 spiro atoms. The van der Waals surface area contributed by atoms with Crippen LogP contribution < -0.4 is 15.5 Å². The summed E-state index contributed by atoms with van der Waals surface area (Å²) in [7, 11) is 0. The molecule has 2 aliphatic rings. The van der Waals surface area contributed by atoms with Crippen LogP contribution in [0, 0.1) is 0 Å². The van der Waals surface area contributed by atoms with Gasteiger partial charge in [-0.1, -0.05) is 41.9 Å². The molecule has 2 saturated heterocycles. The van der Waals surface area contributed by atoms with Crippen molar-refractivity contribution in [2.75, 3.05) is 36.4 Å². The predicted molar refractivity (Wildman–Crippen MR) is 125 cm³/mol. The minimum Gasteiger partial charge on any atom is -0.370 e. The first-order valence-corrected chi connectivity index (χ1v) is 11.4. The summed E-state index contributed by atoms with van der Waals surface area (Å²) < 4.78 is 0. The first-order valence-electron chi connectivity index (χ1n) is 11.0. The van der Waals surface area contributed by atoms with Crippen molar-refractivity contribution in [2.45, 2.75) is 38.1 Å². The number of piperidine rings is 1. The average molecular weight is 441 g/mol. The Kier molecular flexibility index (Phi) is 6.97. The molecule has 4 rings (SSSR count). The average Bonchev–Trinajstić information content (AvgIpc) is 3.19. The van der Waals surface area contributed by atoms with Crippen molar-refractivity contribution in [1.29, 1.82) is 0 Å². The van der Waals surface area contributed by atoms with E-state index < -0.39 is 0 Å². The first kappa shape index (κ1) is 21.5. The summed E-state index contributed by atoms with van der Waals surface area (Å²) in [5, 5.41) is 6.56. The molecule has 2 heterocycles. The smallest absolute Gasteiger partial charge is 0.319 e. The van der Waals surface area contributed by atoms with Crippen molar-refractivity contribution in [3.63, 3.8) is 0 Å². The number of likely N-dealkylation sites (tertiary alicyclic amines) is 1. The van der Waals surface area contributed by atoms with E-state index in [1.807, 2.05) is 47.4 Å². The van der Waals surface area contributed by atoms with Crippen LogP contribution in [-0.4, -0.2) is 43.0 Å². The highest BCUT2D eigenvalue weighted by molar-refractivity contribution is 6.33. The Morgan fingerprint density at radius 3 is 2.45 bits per heavy atom. The van der Waals surface area contributed by atoms with Gasteiger partial charge in [-0.25, -0.2) is 4.79 Å². The normalized spacial score (nSPS) is 17.5. The summed E-state index contributed by atoms with van der Waals surface area (Å²) in [6.07, 6.45) is 5.07. The number of nitrogens with zero attached hydrogens (tertiary/aromatic N) is 2. The summed E-state index contributed by atoms with van der Waals surface area (Å²) in [6, 6.07) is 14.8. The van der Waals surface area contributed by atoms with Crippen LogP contribution in [-0.2, 0) is 4.79 Å². The van der Waals surface area contributed by atoms with Crippen molar-refractivity contribution in [1.82, 2.24) is 10.2 Å². The molecular formula is C24H29ClN4O2. The molecule has 1 unspecified atom stereocenters. The van der Waals surface area contributed by atoms with Gasteiger partial charge in [-0.3, -0.25) is 4.79 Å². The second kappa shape index (κ2) is 10.1. The second-order valence-electron chi connectivity index (χ2n) is 8.22. The van der Waals surface area contributed by atoms with Gasteiger partial charge in [0, 0.05) is 38.3 Å². The second-order valence-corrected chi connectivity index (χ2v) is 8.63. The number of nitrogens with one attached hydrogen (secondary N) is 2. The molecule has 0 saturated carbocycles. The Labute approximate surface area is 188 Å². The molecule has 2 fully saturated rings. The van der Waals surface area contributed by atoms with Crippen molar-refractivity contribution >= 4 is 34.9 Å². The van der Waals surface area contributed by atoms with E-state index in [9.17, 15) is 9.59 Å². The number of hydrogen-bond donors (Lipinski definition) is 2. The van der Waals surface area contributed by atoms with Crippen LogP contribution in [0.4, 0.5) is 16.2 Å². The van der Waals surface area contributed by atoms with Gasteiger partial charge >= 0.3 is 6.03 Å². The lowest BCUT2D eigenvalue weighted by atomic mass is 10.1. The molecule has 7 heteroatoms. The van der Waals surface area contributed by atoms with Gasteiger partial charge in [0.15, 0.2) is 0 Å². The lowest BCUT2D eigenvalue weighted by Gasteiger charge is -2.29. The van der Waals surface area contributed by atoms with Crippen LogP contribution in [0.15, 0.2) is 48.5 Å². The number of carbonyl (C=O) groups is 2. The summed E-state index contributed by atoms with van der Waals surface area (Å²) in [5.41, 5.74) is 2.63. The lowest BCUT2D eigenvalue weighted by Crippen LogP contribution is -2.40. The van der Waals surface area contributed by atoms with Gasteiger partial charge < -0.3 is 20.4 Å². The molecule has 1 atom stereocenters. The molecule has 3 amide bonds. The van der Waals surface area contributed by atoms with E-state index in [1.165, 1.54) is 19.3 Å². The Bertz CT molecular complexity index is 915. The fourth-order valence-corrected chi connectivity index (χ4v) is 4.64. The minimum absolute atomic E-state index is 0.142. The standard InChI is InChI=1S/C24H29ClN4O2/c25-20-16-19(11-12-22(20)28-13-5-2-6-14-28)26-24(31)27-21(18-8-3-1-4-9-18)17-29-15-7-10-23(29)30/h1,3-4,8-9,11-12,16,21H,2,5-7,10,13-15,17H2,(H2,26,27,31). The zero-order valence-electron chi connectivity index (χ0n) is 17.6. The molecule has 2 aromatic rings. The van der Waals surface area contributed by atoms with Gasteiger partial charge in [-0.2, -0.15) is 0 Å². The molecule has 2 aromatic carbocycles. The summed E-state index contributed by atoms with van der Waals surface area (Å²) >= 11 is 6.52. The number of amides is 3. The molecule has 2 aliphatic heterocycles. The number of rotatable bonds is 6. The van der Waals surface area contributed by atoms with E-state index >= 15 is 0 Å². The molecule has 31 heavy (non-hydrogen) atoms. The fraction of sp³-hybridized carbons (Fsp3) is 0.417. The van der Waals surface area contributed by atoms with E-state index in [-0.39, 0.29) is 18.0 Å². The number of anilines is 2. The Morgan fingerprint density at radius 2 is 1.77 bits per heavy atom. The molecule has 0 aromatic heterocycles. The molecule has 2 N–H and O–H groups in total. The SMILES string of the molecule is O=C(Nc1ccc(N2CCCCC2)c(Cl)c1)NC(CN1CCCC1=O)c1ccccc1. The third kappa shape index (κ3) is 5.50. The van der Waals surface area contributed by atoms with E-state index in [0.717, 1.165) is 37.3 Å². The quantitative estimate of drug-likeness (QED) is 0.677. The van der Waals surface area contributed by atoms with Gasteiger partial charge in [0.1, 0.15) is 0 Å². The highest BCUT2D eigenvalue weighted by Crippen LogP contribution is 2.31. The number of halogens is 1. The van der Waals surface area contributed by atoms with Crippen LogP contribution in [0.3, 0.4) is 0 Å². The molecular weight excluding hydrogens is 412 g/mol. The number of benzene rings is 2. The van der Waals surface area contributed by atoms with Crippen LogP contribution in [0.25, 0.3) is 0 Å². The minimum atomic E-state index is -0.317. The third-order valence-electron chi connectivity index (χ3n) is 5.98. The van der Waals surface area contributed by atoms with Crippen molar-refractivity contribution in [3.05, 3.63) is 59.1 Å². The van der Waals surface area contributed by atoms with Crippen molar-refractivity contribution in [3.8, 4) is 0 Å². The maximum Gasteiger partial charge on any atom is 0.319 e. The zero-order valence-corrected chi connectivity index (χ0v) is 18.4. The molecule has 0 radical (unpaired) electrons. The predicted octanol–water partition coefficient (Wildman–Crippen LogP) is 4.82. The summed E-state index contributed by atoms with van der Waals surface area (Å²) in [4.78, 5) is 29.0. The van der Waals surface area contributed by atoms with Crippen LogP contribution in [0.1, 0.15) is 43.7 Å². The van der Waals surface area contributed by atoms with Gasteiger partial charge in [0.25, 0.3) is 0 Å². The molecule has 0 bridgehead atoms. The summed E-state index contributed by atoms with van der Waals surface area (Å²) in [6.45, 7) is 3.23. The number of urea groups is 1. The monoisotopic (exact) mass is 440 g/mol. The maximum atomic E-state index is 12.8. The largest absolute Gasteiger partial charge is 0.370 e. The maximum absolute atomic E-state index is 12.8. The molecule has 6 nitrogen and oxygen atoms in total. The fourth-order valence-electron chi connectivity index (χ4n) is 4.34. The molecule has 0 aliphatic carbocycles. The van der Waals surface area contributed by atoms with Crippen LogP contribution >= 0.6 is 11.6 Å². The van der Waals surface area contributed by atoms with Gasteiger partial charge in [-0.15, -0.1) is 0 Å². The zero-order chi connectivity index (χ0) is 21.6. The Hall–Kier alpha value is -2.73.